The summed E-state index contributed by atoms with van der Waals surface area (Å²) in [5, 5.41) is 10.9. The van der Waals surface area contributed by atoms with Crippen LogP contribution in [-0.4, -0.2) is 16.8 Å². The van der Waals surface area contributed by atoms with Crippen LogP contribution in [0.4, 0.5) is 10.1 Å². The fourth-order valence-electron chi connectivity index (χ4n) is 3.09. The molecule has 27 heavy (non-hydrogen) atoms. The Morgan fingerprint density at radius 2 is 1.78 bits per heavy atom. The van der Waals surface area contributed by atoms with Crippen LogP contribution in [0.15, 0.2) is 59.9 Å². The fraction of sp³-hybridized carbons (Fsp3) is 0.238. The van der Waals surface area contributed by atoms with Crippen LogP contribution in [0.5, 0.6) is 0 Å². The Labute approximate surface area is 161 Å². The number of hydrogen-bond acceptors (Lipinski definition) is 3. The monoisotopic (exact) mass is 387 g/mol. The number of rotatable bonds is 3. The smallest absolute Gasteiger partial charge is 0.294 e. The molecule has 0 fully saturated rings. The molecule has 2 aromatic carbocycles. The number of aliphatic hydroxyl groups excluding tert-OH is 1. The van der Waals surface area contributed by atoms with Gasteiger partial charge in [-0.05, 0) is 35.9 Å². The number of hydrogen-bond donors (Lipinski definition) is 1. The van der Waals surface area contributed by atoms with Crippen LogP contribution in [0.3, 0.4) is 0 Å². The van der Waals surface area contributed by atoms with Crippen molar-refractivity contribution in [1.82, 2.24) is 0 Å². The van der Waals surface area contributed by atoms with E-state index in [0.29, 0.717) is 16.3 Å². The van der Waals surface area contributed by atoms with Gasteiger partial charge in [0.1, 0.15) is 5.82 Å². The van der Waals surface area contributed by atoms with Gasteiger partial charge in [-0.15, -0.1) is 0 Å². The van der Waals surface area contributed by atoms with Gasteiger partial charge >= 0.3 is 0 Å². The van der Waals surface area contributed by atoms with Crippen LogP contribution >= 0.6 is 11.6 Å². The van der Waals surface area contributed by atoms with Gasteiger partial charge in [0.15, 0.2) is 11.5 Å². The molecule has 0 aromatic heterocycles. The van der Waals surface area contributed by atoms with Crippen molar-refractivity contribution in [3.05, 3.63) is 76.3 Å². The van der Waals surface area contributed by atoms with Gasteiger partial charge in [-0.1, -0.05) is 50.6 Å². The highest BCUT2D eigenvalue weighted by molar-refractivity contribution is 6.31. The van der Waals surface area contributed by atoms with Gasteiger partial charge in [-0.2, -0.15) is 0 Å². The third-order valence-corrected chi connectivity index (χ3v) is 4.64. The molecule has 3 rings (SSSR count). The Balaban J connectivity index is 2.21. The third-order valence-electron chi connectivity index (χ3n) is 4.41. The van der Waals surface area contributed by atoms with E-state index < -0.39 is 28.9 Å². The molecule has 1 unspecified atom stereocenters. The molecule has 0 saturated carbocycles. The molecule has 1 aliphatic heterocycles. The van der Waals surface area contributed by atoms with Gasteiger partial charge < -0.3 is 5.11 Å². The van der Waals surface area contributed by atoms with Crippen molar-refractivity contribution in [2.24, 2.45) is 5.41 Å². The average molecular weight is 388 g/mol. The van der Waals surface area contributed by atoms with E-state index in [4.69, 9.17) is 11.6 Å². The topological polar surface area (TPSA) is 57.6 Å². The van der Waals surface area contributed by atoms with Crippen LogP contribution in [0, 0.1) is 11.2 Å². The molecule has 140 valence electrons. The number of benzene rings is 2. The first kappa shape index (κ1) is 19.1. The number of amides is 1. The van der Waals surface area contributed by atoms with Crippen LogP contribution in [-0.2, 0) is 9.59 Å². The molecule has 0 spiro atoms. The highest BCUT2D eigenvalue weighted by Gasteiger charge is 2.46. The fourth-order valence-corrected chi connectivity index (χ4v) is 3.28. The number of nitrogens with zero attached hydrogens (tertiary/aromatic N) is 1. The summed E-state index contributed by atoms with van der Waals surface area (Å²) in [6.07, 6.45) is 0. The number of halogens is 2. The second-order valence-corrected chi connectivity index (χ2v) is 7.89. The molecular formula is C21H19ClFNO3. The van der Waals surface area contributed by atoms with Gasteiger partial charge in [0.25, 0.3) is 5.91 Å². The lowest BCUT2D eigenvalue weighted by atomic mass is 9.82. The van der Waals surface area contributed by atoms with Crippen molar-refractivity contribution >= 4 is 29.0 Å². The third kappa shape index (κ3) is 3.47. The molecule has 1 amide bonds. The lowest BCUT2D eigenvalue weighted by Crippen LogP contribution is -2.32. The number of aliphatic hydroxyl groups is 1. The summed E-state index contributed by atoms with van der Waals surface area (Å²) >= 11 is 6.06. The van der Waals surface area contributed by atoms with E-state index in [-0.39, 0.29) is 11.4 Å². The zero-order valence-corrected chi connectivity index (χ0v) is 15.9. The Morgan fingerprint density at radius 1 is 1.15 bits per heavy atom. The second kappa shape index (κ2) is 6.82. The molecule has 0 aliphatic carbocycles. The van der Waals surface area contributed by atoms with Gasteiger partial charge in [0.2, 0.25) is 0 Å². The van der Waals surface area contributed by atoms with Crippen molar-refractivity contribution in [1.29, 1.82) is 0 Å². The largest absolute Gasteiger partial charge is 0.503 e. The molecule has 2 aromatic rings. The van der Waals surface area contributed by atoms with E-state index in [2.05, 4.69) is 0 Å². The predicted molar refractivity (Wildman–Crippen MR) is 102 cm³/mol. The van der Waals surface area contributed by atoms with E-state index in [9.17, 15) is 19.1 Å². The van der Waals surface area contributed by atoms with Gasteiger partial charge in [0, 0.05) is 16.1 Å². The van der Waals surface area contributed by atoms with E-state index in [1.807, 2.05) is 0 Å². The zero-order chi connectivity index (χ0) is 19.9. The molecule has 1 aliphatic rings. The number of carbonyl (C=O) groups excluding carboxylic acids is 2. The summed E-state index contributed by atoms with van der Waals surface area (Å²) < 4.78 is 13.4. The maximum atomic E-state index is 13.4. The molecule has 1 atom stereocenters. The van der Waals surface area contributed by atoms with Crippen LogP contribution < -0.4 is 4.90 Å². The SMILES string of the molecule is CC(C)(C)C(=O)C1=C(O)C(=O)N(c2cccc(Cl)c2)C1c1ccc(F)cc1. The van der Waals surface area contributed by atoms with Crippen molar-refractivity contribution in [2.75, 3.05) is 4.90 Å². The lowest BCUT2D eigenvalue weighted by molar-refractivity contribution is -0.123. The summed E-state index contributed by atoms with van der Waals surface area (Å²) in [6, 6.07) is 11.2. The average Bonchev–Trinajstić information content (AvgIpc) is 2.85. The quantitative estimate of drug-likeness (QED) is 0.806. The number of carbonyl (C=O) groups is 2. The van der Waals surface area contributed by atoms with Crippen molar-refractivity contribution in [3.63, 3.8) is 0 Å². The van der Waals surface area contributed by atoms with Crippen LogP contribution in [0.1, 0.15) is 32.4 Å². The molecule has 4 nitrogen and oxygen atoms in total. The molecule has 0 saturated heterocycles. The highest BCUT2D eigenvalue weighted by atomic mass is 35.5. The normalized spacial score (nSPS) is 17.6. The molecule has 0 radical (unpaired) electrons. The first-order valence-corrected chi connectivity index (χ1v) is 8.81. The van der Waals surface area contributed by atoms with Gasteiger partial charge in [0.05, 0.1) is 11.6 Å². The Morgan fingerprint density at radius 3 is 2.33 bits per heavy atom. The Bertz CT molecular complexity index is 945. The maximum absolute atomic E-state index is 13.4. The van der Waals surface area contributed by atoms with Crippen molar-refractivity contribution in [3.8, 4) is 0 Å². The standard InChI is InChI=1S/C21H19ClFNO3/c1-21(2,3)19(26)16-17(12-7-9-14(23)10-8-12)24(20(27)18(16)25)15-6-4-5-13(22)11-15/h4-11,17,25H,1-3H3. The minimum atomic E-state index is -0.872. The van der Waals surface area contributed by atoms with E-state index in [0.717, 1.165) is 0 Å². The zero-order valence-electron chi connectivity index (χ0n) is 15.2. The number of Topliss-reactive ketones (excluding diaryl/α,β-unsaturated/α-hetero) is 1. The number of anilines is 1. The summed E-state index contributed by atoms with van der Waals surface area (Å²) in [6.45, 7) is 5.14. The summed E-state index contributed by atoms with van der Waals surface area (Å²) in [5.41, 5.74) is 0.136. The van der Waals surface area contributed by atoms with Crippen molar-refractivity contribution in [2.45, 2.75) is 26.8 Å². The first-order chi connectivity index (χ1) is 12.6. The Kier molecular flexibility index (Phi) is 4.82. The minimum Gasteiger partial charge on any atom is -0.503 e. The predicted octanol–water partition coefficient (Wildman–Crippen LogP) is 4.99. The van der Waals surface area contributed by atoms with E-state index in [1.54, 1.807) is 45.0 Å². The van der Waals surface area contributed by atoms with Gasteiger partial charge in [-0.3, -0.25) is 14.5 Å². The summed E-state index contributed by atoms with van der Waals surface area (Å²) in [4.78, 5) is 27.2. The molecule has 6 heteroatoms. The Hall–Kier alpha value is -2.66. The van der Waals surface area contributed by atoms with Gasteiger partial charge in [-0.25, -0.2) is 4.39 Å². The van der Waals surface area contributed by atoms with Crippen LogP contribution in [0.2, 0.25) is 5.02 Å². The number of ketones is 1. The second-order valence-electron chi connectivity index (χ2n) is 7.45. The molecule has 1 N–H and O–H groups in total. The minimum absolute atomic E-state index is 0.000848. The van der Waals surface area contributed by atoms with E-state index in [1.165, 1.54) is 29.2 Å². The molecule has 0 bridgehead atoms. The highest BCUT2D eigenvalue weighted by Crippen LogP contribution is 2.43. The maximum Gasteiger partial charge on any atom is 0.294 e. The van der Waals surface area contributed by atoms with E-state index >= 15 is 0 Å². The van der Waals surface area contributed by atoms with Crippen molar-refractivity contribution < 1.29 is 19.1 Å². The summed E-state index contributed by atoms with van der Waals surface area (Å²) in [7, 11) is 0. The molecular weight excluding hydrogens is 369 g/mol. The molecule has 1 heterocycles. The van der Waals surface area contributed by atoms with Crippen LogP contribution in [0.25, 0.3) is 0 Å². The summed E-state index contributed by atoms with van der Waals surface area (Å²) in [5.74, 6) is -2.08. The lowest BCUT2D eigenvalue weighted by Gasteiger charge is -2.29. The first-order valence-electron chi connectivity index (χ1n) is 8.44.